The number of fused-ring (bicyclic) bond motifs is 1. The predicted octanol–water partition coefficient (Wildman–Crippen LogP) is 3.64. The molecule has 3 aromatic carbocycles. The lowest BCUT2D eigenvalue weighted by atomic mass is 10.0. The Labute approximate surface area is 194 Å². The van der Waals surface area contributed by atoms with E-state index in [1.54, 1.807) is 36.4 Å². The number of nitro groups is 1. The van der Waals surface area contributed by atoms with Gasteiger partial charge in [0, 0.05) is 29.8 Å². The van der Waals surface area contributed by atoms with Gasteiger partial charge < -0.3 is 5.32 Å². The van der Waals surface area contributed by atoms with Gasteiger partial charge in [-0.15, -0.1) is 0 Å². The van der Waals surface area contributed by atoms with E-state index in [-0.39, 0.29) is 29.0 Å². The maximum absolute atomic E-state index is 13.3. The Morgan fingerprint density at radius 1 is 0.912 bits per heavy atom. The van der Waals surface area contributed by atoms with E-state index in [1.807, 2.05) is 0 Å². The van der Waals surface area contributed by atoms with Crippen LogP contribution in [0.2, 0.25) is 0 Å². The highest BCUT2D eigenvalue weighted by Crippen LogP contribution is 2.27. The Balaban J connectivity index is 1.65. The van der Waals surface area contributed by atoms with Crippen LogP contribution in [0.25, 0.3) is 0 Å². The van der Waals surface area contributed by atoms with Crippen LogP contribution in [0.15, 0.2) is 72.8 Å². The molecule has 1 unspecified atom stereocenters. The van der Waals surface area contributed by atoms with Crippen LogP contribution in [-0.4, -0.2) is 39.4 Å². The molecule has 0 radical (unpaired) electrons. The van der Waals surface area contributed by atoms with E-state index in [4.69, 9.17) is 0 Å². The Morgan fingerprint density at radius 2 is 1.47 bits per heavy atom. The zero-order valence-electron chi connectivity index (χ0n) is 18.1. The number of non-ortho nitro benzene ring substituents is 1. The summed E-state index contributed by atoms with van der Waals surface area (Å²) in [5.74, 6) is -1.91. The lowest BCUT2D eigenvalue weighted by Crippen LogP contribution is -2.48. The Kier molecular flexibility index (Phi) is 6.01. The number of hydrogen-bond donors (Lipinski definition) is 1. The molecule has 170 valence electrons. The zero-order valence-corrected chi connectivity index (χ0v) is 18.1. The molecule has 1 atom stereocenters. The van der Waals surface area contributed by atoms with Crippen molar-refractivity contribution in [3.8, 4) is 0 Å². The van der Waals surface area contributed by atoms with Crippen LogP contribution in [0.5, 0.6) is 0 Å². The molecule has 3 amide bonds. The molecule has 0 saturated heterocycles. The molecule has 9 heteroatoms. The average Bonchev–Trinajstić information content (AvgIpc) is 3.08. The van der Waals surface area contributed by atoms with E-state index in [1.165, 1.54) is 43.3 Å². The normalized spacial score (nSPS) is 13.4. The average molecular weight is 457 g/mol. The lowest BCUT2D eigenvalue weighted by molar-refractivity contribution is -0.384. The fourth-order valence-corrected chi connectivity index (χ4v) is 3.78. The molecule has 0 aliphatic carbocycles. The van der Waals surface area contributed by atoms with Crippen molar-refractivity contribution in [1.82, 2.24) is 4.90 Å². The molecule has 1 heterocycles. The monoisotopic (exact) mass is 457 g/mol. The second-order valence-corrected chi connectivity index (χ2v) is 7.79. The number of nitrogens with zero attached hydrogens (tertiary/aromatic N) is 2. The van der Waals surface area contributed by atoms with Crippen LogP contribution >= 0.6 is 0 Å². The Bertz CT molecular complexity index is 1280. The first-order valence-electron chi connectivity index (χ1n) is 10.4. The summed E-state index contributed by atoms with van der Waals surface area (Å²) < 4.78 is 0. The number of rotatable bonds is 7. The third-order valence-electron chi connectivity index (χ3n) is 5.57. The van der Waals surface area contributed by atoms with Crippen molar-refractivity contribution in [2.75, 3.05) is 5.32 Å². The van der Waals surface area contributed by atoms with Gasteiger partial charge in [-0.1, -0.05) is 24.3 Å². The van der Waals surface area contributed by atoms with Gasteiger partial charge in [-0.2, -0.15) is 0 Å². The summed E-state index contributed by atoms with van der Waals surface area (Å²) in [6, 6.07) is 16.9. The molecular weight excluding hydrogens is 438 g/mol. The highest BCUT2D eigenvalue weighted by molar-refractivity contribution is 6.23. The number of anilines is 1. The van der Waals surface area contributed by atoms with Crippen molar-refractivity contribution >= 4 is 34.9 Å². The minimum atomic E-state index is -1.21. The molecule has 34 heavy (non-hydrogen) atoms. The summed E-state index contributed by atoms with van der Waals surface area (Å²) in [6.45, 7) is 1.43. The lowest BCUT2D eigenvalue weighted by Gasteiger charge is -2.25. The molecular formula is C25H19N3O6. The molecule has 1 aliphatic heterocycles. The van der Waals surface area contributed by atoms with Gasteiger partial charge in [0.05, 0.1) is 16.1 Å². The highest BCUT2D eigenvalue weighted by Gasteiger charge is 2.42. The van der Waals surface area contributed by atoms with Gasteiger partial charge in [-0.05, 0) is 48.9 Å². The molecule has 0 fully saturated rings. The quantitative estimate of drug-likeness (QED) is 0.250. The van der Waals surface area contributed by atoms with Crippen LogP contribution < -0.4 is 5.32 Å². The standard InChI is InChI=1S/C25H19N3O6/c1-15(29)17-8-10-18(11-9-17)26-23(30)22(14-16-6-12-19(13-7-16)28(33)34)27-24(31)20-4-2-3-5-21(20)25(27)32/h2-13,22H,14H2,1H3,(H,26,30). The molecule has 0 saturated carbocycles. The molecule has 1 N–H and O–H groups in total. The molecule has 1 aliphatic rings. The van der Waals surface area contributed by atoms with E-state index >= 15 is 0 Å². The molecule has 0 spiro atoms. The third-order valence-corrected chi connectivity index (χ3v) is 5.57. The van der Waals surface area contributed by atoms with Gasteiger partial charge in [-0.25, -0.2) is 0 Å². The van der Waals surface area contributed by atoms with Crippen LogP contribution in [0, 0.1) is 10.1 Å². The van der Waals surface area contributed by atoms with Crippen molar-refractivity contribution in [2.24, 2.45) is 0 Å². The van der Waals surface area contributed by atoms with E-state index in [0.717, 1.165) is 4.90 Å². The van der Waals surface area contributed by atoms with Crippen molar-refractivity contribution in [2.45, 2.75) is 19.4 Å². The predicted molar refractivity (Wildman–Crippen MR) is 123 cm³/mol. The van der Waals surface area contributed by atoms with Gasteiger partial charge in [-0.3, -0.25) is 34.2 Å². The summed E-state index contributed by atoms with van der Waals surface area (Å²) in [7, 11) is 0. The smallest absolute Gasteiger partial charge is 0.269 e. The van der Waals surface area contributed by atoms with Crippen molar-refractivity contribution in [1.29, 1.82) is 0 Å². The topological polar surface area (TPSA) is 127 Å². The van der Waals surface area contributed by atoms with Crippen LogP contribution in [0.1, 0.15) is 43.6 Å². The number of carbonyl (C=O) groups excluding carboxylic acids is 4. The first kappa shape index (κ1) is 22.5. The summed E-state index contributed by atoms with van der Waals surface area (Å²) in [4.78, 5) is 62.3. The number of ketones is 1. The number of Topliss-reactive ketones (excluding diaryl/α,β-unsaturated/α-hetero) is 1. The van der Waals surface area contributed by atoms with Gasteiger partial charge in [0.15, 0.2) is 5.78 Å². The highest BCUT2D eigenvalue weighted by atomic mass is 16.6. The summed E-state index contributed by atoms with van der Waals surface area (Å²) in [5, 5.41) is 13.7. The largest absolute Gasteiger partial charge is 0.324 e. The number of nitro benzene ring substituents is 1. The minimum absolute atomic E-state index is 0.0408. The van der Waals surface area contributed by atoms with E-state index in [9.17, 15) is 29.3 Å². The number of carbonyl (C=O) groups is 4. The minimum Gasteiger partial charge on any atom is -0.324 e. The maximum atomic E-state index is 13.3. The van der Waals surface area contributed by atoms with Crippen LogP contribution in [0.4, 0.5) is 11.4 Å². The van der Waals surface area contributed by atoms with Crippen molar-refractivity contribution in [3.63, 3.8) is 0 Å². The number of hydrogen-bond acceptors (Lipinski definition) is 6. The van der Waals surface area contributed by atoms with E-state index in [0.29, 0.717) is 16.8 Å². The van der Waals surface area contributed by atoms with Crippen molar-refractivity contribution in [3.05, 3.63) is 105 Å². The molecule has 0 aromatic heterocycles. The van der Waals surface area contributed by atoms with Crippen molar-refractivity contribution < 1.29 is 24.1 Å². The summed E-state index contributed by atoms with van der Waals surface area (Å²) in [5.41, 5.74) is 1.70. The summed E-state index contributed by atoms with van der Waals surface area (Å²) >= 11 is 0. The third kappa shape index (κ3) is 4.31. The van der Waals surface area contributed by atoms with Gasteiger partial charge in [0.25, 0.3) is 17.5 Å². The Morgan fingerprint density at radius 3 is 1.97 bits per heavy atom. The SMILES string of the molecule is CC(=O)c1ccc(NC(=O)C(Cc2ccc([N+](=O)[O-])cc2)N2C(=O)c3ccccc3C2=O)cc1. The number of imide groups is 1. The van der Waals surface area contributed by atoms with Gasteiger partial charge in [0.2, 0.25) is 5.91 Å². The van der Waals surface area contributed by atoms with Crippen LogP contribution in [0.3, 0.4) is 0 Å². The number of benzene rings is 3. The van der Waals surface area contributed by atoms with Gasteiger partial charge in [0.1, 0.15) is 6.04 Å². The van der Waals surface area contributed by atoms with Crippen LogP contribution in [-0.2, 0) is 11.2 Å². The van der Waals surface area contributed by atoms with E-state index < -0.39 is 28.7 Å². The number of amides is 3. The first-order chi connectivity index (χ1) is 16.3. The fourth-order valence-electron chi connectivity index (χ4n) is 3.78. The Hall–Kier alpha value is -4.66. The molecule has 9 nitrogen and oxygen atoms in total. The molecule has 3 aromatic rings. The van der Waals surface area contributed by atoms with Gasteiger partial charge >= 0.3 is 0 Å². The second-order valence-electron chi connectivity index (χ2n) is 7.79. The maximum Gasteiger partial charge on any atom is 0.269 e. The molecule has 4 rings (SSSR count). The molecule has 0 bridgehead atoms. The first-order valence-corrected chi connectivity index (χ1v) is 10.4. The zero-order chi connectivity index (χ0) is 24.4. The summed E-state index contributed by atoms with van der Waals surface area (Å²) in [6.07, 6.45) is -0.0408. The second kappa shape index (κ2) is 9.07. The number of nitrogens with one attached hydrogen (secondary N) is 1. The fraction of sp³-hybridized carbons (Fsp3) is 0.120. The van der Waals surface area contributed by atoms with E-state index in [2.05, 4.69) is 5.32 Å².